The number of hydrogen-bond acceptors (Lipinski definition) is 5. The topological polar surface area (TPSA) is 76.1 Å². The van der Waals surface area contributed by atoms with Gasteiger partial charge < -0.3 is 19.5 Å². The first-order valence-corrected chi connectivity index (χ1v) is 11.0. The molecule has 6 nitrogen and oxygen atoms in total. The molecule has 0 bridgehead atoms. The van der Waals surface area contributed by atoms with Crippen LogP contribution in [-0.2, 0) is 14.3 Å². The lowest BCUT2D eigenvalue weighted by molar-refractivity contribution is -0.140. The zero-order valence-corrected chi connectivity index (χ0v) is 19.6. The number of hydrogen-bond donors (Lipinski definition) is 1. The minimum atomic E-state index is -0.729. The van der Waals surface area contributed by atoms with Gasteiger partial charge in [-0.25, -0.2) is 0 Å². The number of aliphatic hydroxyl groups excluding tert-OH is 1. The highest BCUT2D eigenvalue weighted by Gasteiger charge is 2.45. The predicted molar refractivity (Wildman–Crippen MR) is 122 cm³/mol. The van der Waals surface area contributed by atoms with Crippen molar-refractivity contribution in [1.82, 2.24) is 4.90 Å². The second kappa shape index (κ2) is 10.3. The third-order valence-electron chi connectivity index (χ3n) is 4.98. The molecule has 31 heavy (non-hydrogen) atoms. The van der Waals surface area contributed by atoms with Crippen molar-refractivity contribution in [3.05, 3.63) is 68.7 Å². The van der Waals surface area contributed by atoms with Crippen LogP contribution in [0.2, 0.25) is 5.02 Å². The molecule has 1 heterocycles. The van der Waals surface area contributed by atoms with E-state index < -0.39 is 17.7 Å². The number of likely N-dealkylation sites (tertiary alicyclic amines) is 1. The third-order valence-corrected chi connectivity index (χ3v) is 5.80. The molecule has 1 N–H and O–H groups in total. The lowest BCUT2D eigenvalue weighted by Crippen LogP contribution is -2.31. The lowest BCUT2D eigenvalue weighted by Gasteiger charge is -2.25. The summed E-state index contributed by atoms with van der Waals surface area (Å²) in [6, 6.07) is 11.4. The Morgan fingerprint density at radius 2 is 1.90 bits per heavy atom. The molecule has 0 aliphatic carbocycles. The SMILES string of the molecule is CCOc1ccc(/C(O)=C2\C(=O)C(=O)N(CCCOC)C2c2ccc(Br)cc2)cc1Cl. The van der Waals surface area contributed by atoms with Crippen LogP contribution in [0, 0.1) is 0 Å². The van der Waals surface area contributed by atoms with Gasteiger partial charge in [0.25, 0.3) is 11.7 Å². The number of benzene rings is 2. The number of halogens is 2. The number of amides is 1. The van der Waals surface area contributed by atoms with E-state index in [4.69, 9.17) is 21.1 Å². The molecule has 0 spiro atoms. The van der Waals surface area contributed by atoms with E-state index in [0.717, 1.165) is 10.0 Å². The molecule has 2 aromatic carbocycles. The fraction of sp³-hybridized carbons (Fsp3) is 0.304. The maximum atomic E-state index is 13.0. The summed E-state index contributed by atoms with van der Waals surface area (Å²) in [6.45, 7) is 3.05. The van der Waals surface area contributed by atoms with Crippen LogP contribution in [0.4, 0.5) is 0 Å². The Morgan fingerprint density at radius 1 is 1.19 bits per heavy atom. The van der Waals surface area contributed by atoms with Crippen molar-refractivity contribution in [1.29, 1.82) is 0 Å². The Bertz CT molecular complexity index is 1010. The normalized spacial score (nSPS) is 17.9. The molecule has 0 aromatic heterocycles. The van der Waals surface area contributed by atoms with E-state index in [1.165, 1.54) is 11.0 Å². The van der Waals surface area contributed by atoms with Crippen LogP contribution < -0.4 is 4.74 Å². The van der Waals surface area contributed by atoms with E-state index in [-0.39, 0.29) is 11.3 Å². The van der Waals surface area contributed by atoms with Crippen molar-refractivity contribution in [2.24, 2.45) is 0 Å². The summed E-state index contributed by atoms with van der Waals surface area (Å²) in [7, 11) is 1.58. The average Bonchev–Trinajstić information content (AvgIpc) is 3.00. The number of nitrogens with zero attached hydrogens (tertiary/aromatic N) is 1. The van der Waals surface area contributed by atoms with Gasteiger partial charge in [0, 0.05) is 30.3 Å². The van der Waals surface area contributed by atoms with E-state index in [2.05, 4.69) is 15.9 Å². The Balaban J connectivity index is 2.10. The molecule has 1 atom stereocenters. The van der Waals surface area contributed by atoms with Gasteiger partial charge in [-0.2, -0.15) is 0 Å². The molecule has 1 aliphatic heterocycles. The van der Waals surface area contributed by atoms with Crippen molar-refractivity contribution >= 4 is 45.0 Å². The van der Waals surface area contributed by atoms with E-state index in [1.807, 2.05) is 31.2 Å². The van der Waals surface area contributed by atoms with Gasteiger partial charge in [-0.05, 0) is 49.2 Å². The van der Waals surface area contributed by atoms with Gasteiger partial charge in [0.05, 0.1) is 23.2 Å². The number of carbonyl (C=O) groups excluding carboxylic acids is 2. The van der Waals surface area contributed by atoms with Crippen molar-refractivity contribution in [2.75, 3.05) is 26.9 Å². The summed E-state index contributed by atoms with van der Waals surface area (Å²) in [6.07, 6.45) is 0.561. The Hall–Kier alpha value is -2.35. The standard InChI is InChI=1S/C23H23BrClNO5/c1-3-31-18-10-7-15(13-17(18)25)21(27)19-20(14-5-8-16(24)9-6-14)26(11-4-12-30-2)23(29)22(19)28/h5-10,13,20,27H,3-4,11-12H2,1-2H3/b21-19+. The van der Waals surface area contributed by atoms with Crippen LogP contribution in [0.15, 0.2) is 52.5 Å². The van der Waals surface area contributed by atoms with Crippen LogP contribution in [0.5, 0.6) is 5.75 Å². The van der Waals surface area contributed by atoms with E-state index >= 15 is 0 Å². The molecule has 1 aliphatic rings. The van der Waals surface area contributed by atoms with Crippen molar-refractivity contribution in [2.45, 2.75) is 19.4 Å². The highest BCUT2D eigenvalue weighted by Crippen LogP contribution is 2.40. The van der Waals surface area contributed by atoms with Gasteiger partial charge in [-0.15, -0.1) is 0 Å². The van der Waals surface area contributed by atoms with Crippen molar-refractivity contribution in [3.8, 4) is 5.75 Å². The minimum absolute atomic E-state index is 0.0324. The number of ketones is 1. The second-order valence-corrected chi connectivity index (χ2v) is 8.29. The fourth-order valence-corrected chi connectivity index (χ4v) is 4.06. The quantitative estimate of drug-likeness (QED) is 0.236. The van der Waals surface area contributed by atoms with Crippen LogP contribution in [-0.4, -0.2) is 48.6 Å². The number of ether oxygens (including phenoxy) is 2. The molecule has 0 radical (unpaired) electrons. The molecular formula is C23H23BrClNO5. The Labute approximate surface area is 194 Å². The summed E-state index contributed by atoms with van der Waals surface area (Å²) < 4.78 is 11.4. The first kappa shape index (κ1) is 23.3. The van der Waals surface area contributed by atoms with E-state index in [9.17, 15) is 14.7 Å². The predicted octanol–water partition coefficient (Wildman–Crippen LogP) is 4.96. The highest BCUT2D eigenvalue weighted by molar-refractivity contribution is 9.10. The summed E-state index contributed by atoms with van der Waals surface area (Å²) in [5.41, 5.74) is 1.09. The average molecular weight is 509 g/mol. The zero-order valence-electron chi connectivity index (χ0n) is 17.2. The summed E-state index contributed by atoms with van der Waals surface area (Å²) in [4.78, 5) is 27.3. The molecule has 3 rings (SSSR count). The Kier molecular flexibility index (Phi) is 7.75. The van der Waals surface area contributed by atoms with Crippen molar-refractivity contribution in [3.63, 3.8) is 0 Å². The smallest absolute Gasteiger partial charge is 0.295 e. The van der Waals surface area contributed by atoms with Crippen LogP contribution >= 0.6 is 27.5 Å². The monoisotopic (exact) mass is 507 g/mol. The number of rotatable bonds is 8. The Morgan fingerprint density at radius 3 is 2.52 bits per heavy atom. The van der Waals surface area contributed by atoms with Crippen molar-refractivity contribution < 1.29 is 24.2 Å². The van der Waals surface area contributed by atoms with Gasteiger partial charge >= 0.3 is 0 Å². The maximum Gasteiger partial charge on any atom is 0.295 e. The lowest BCUT2D eigenvalue weighted by atomic mass is 9.95. The van der Waals surface area contributed by atoms with Gasteiger partial charge in [-0.3, -0.25) is 9.59 Å². The number of aliphatic hydroxyl groups is 1. The molecular weight excluding hydrogens is 486 g/mol. The largest absolute Gasteiger partial charge is 0.507 e. The summed E-state index contributed by atoms with van der Waals surface area (Å²) in [5, 5.41) is 11.4. The van der Waals surface area contributed by atoms with Gasteiger partial charge in [-0.1, -0.05) is 39.7 Å². The van der Waals surface area contributed by atoms with Gasteiger partial charge in [0.1, 0.15) is 11.5 Å². The fourth-order valence-electron chi connectivity index (χ4n) is 3.56. The third kappa shape index (κ3) is 4.95. The molecule has 1 saturated heterocycles. The molecule has 8 heteroatoms. The molecule has 2 aromatic rings. The molecule has 1 amide bonds. The number of carbonyl (C=O) groups is 2. The number of Topliss-reactive ketones (excluding diaryl/α,β-unsaturated/α-hetero) is 1. The summed E-state index contributed by atoms with van der Waals surface area (Å²) in [5.74, 6) is -1.17. The molecule has 1 unspecified atom stereocenters. The first-order valence-electron chi connectivity index (χ1n) is 9.84. The zero-order chi connectivity index (χ0) is 22.5. The molecule has 0 saturated carbocycles. The first-order chi connectivity index (χ1) is 14.9. The van der Waals surface area contributed by atoms with Crippen LogP contribution in [0.3, 0.4) is 0 Å². The van der Waals surface area contributed by atoms with E-state index in [1.54, 1.807) is 19.2 Å². The van der Waals surface area contributed by atoms with Crippen LogP contribution in [0.25, 0.3) is 5.76 Å². The molecule has 1 fully saturated rings. The van der Waals surface area contributed by atoms with E-state index in [0.29, 0.717) is 42.5 Å². The number of methoxy groups -OCH3 is 1. The summed E-state index contributed by atoms with van der Waals surface area (Å²) >= 11 is 9.67. The second-order valence-electron chi connectivity index (χ2n) is 6.97. The minimum Gasteiger partial charge on any atom is -0.507 e. The molecule has 164 valence electrons. The highest BCUT2D eigenvalue weighted by atomic mass is 79.9. The van der Waals surface area contributed by atoms with Gasteiger partial charge in [0.15, 0.2) is 0 Å². The maximum absolute atomic E-state index is 13.0. The van der Waals surface area contributed by atoms with Gasteiger partial charge in [0.2, 0.25) is 0 Å². The van der Waals surface area contributed by atoms with Crippen LogP contribution in [0.1, 0.15) is 30.5 Å².